The molecule has 0 unspecified atom stereocenters. The number of amides is 2. The van der Waals surface area contributed by atoms with Crippen LogP contribution in [0.1, 0.15) is 13.3 Å². The topological polar surface area (TPSA) is 116 Å². The van der Waals surface area contributed by atoms with Gasteiger partial charge >= 0.3 is 18.0 Å². The van der Waals surface area contributed by atoms with Gasteiger partial charge in [0.15, 0.2) is 0 Å². The van der Waals surface area contributed by atoms with Gasteiger partial charge in [0.25, 0.3) is 0 Å². The first kappa shape index (κ1) is 12.2. The molecular weight excluding hydrogens is 192 g/mol. The number of hydrogen-bond acceptors (Lipinski definition) is 3. The summed E-state index contributed by atoms with van der Waals surface area (Å²) >= 11 is 0. The molecule has 80 valence electrons. The van der Waals surface area contributed by atoms with Crippen LogP contribution in [0.25, 0.3) is 0 Å². The highest BCUT2D eigenvalue weighted by atomic mass is 16.4. The summed E-state index contributed by atoms with van der Waals surface area (Å²) in [5, 5.41) is 21.2. The largest absolute Gasteiger partial charge is 0.481 e. The summed E-state index contributed by atoms with van der Waals surface area (Å²) in [5.41, 5.74) is 0. The molecule has 0 aromatic heterocycles. The lowest BCUT2D eigenvalue weighted by atomic mass is 10.2. The molecule has 0 rings (SSSR count). The zero-order valence-corrected chi connectivity index (χ0v) is 7.61. The van der Waals surface area contributed by atoms with E-state index in [4.69, 9.17) is 10.2 Å². The number of hydrogen-bond donors (Lipinski definition) is 4. The Morgan fingerprint density at radius 3 is 2.21 bits per heavy atom. The van der Waals surface area contributed by atoms with E-state index in [1.165, 1.54) is 0 Å². The van der Waals surface area contributed by atoms with Crippen molar-refractivity contribution in [2.75, 3.05) is 6.54 Å². The quantitative estimate of drug-likeness (QED) is 0.469. The van der Waals surface area contributed by atoms with Gasteiger partial charge < -0.3 is 20.8 Å². The molecule has 1 atom stereocenters. The van der Waals surface area contributed by atoms with Gasteiger partial charge in [0.1, 0.15) is 6.04 Å². The van der Waals surface area contributed by atoms with Crippen LogP contribution in [0, 0.1) is 0 Å². The second-order valence-electron chi connectivity index (χ2n) is 2.49. The van der Waals surface area contributed by atoms with Gasteiger partial charge in [-0.05, 0) is 6.92 Å². The van der Waals surface area contributed by atoms with Gasteiger partial charge in [-0.25, -0.2) is 9.59 Å². The summed E-state index contributed by atoms with van der Waals surface area (Å²) in [6, 6.07) is -2.10. The lowest BCUT2D eigenvalue weighted by Gasteiger charge is -2.12. The standard InChI is InChI=1S/C7H12N2O5/c1-2-8-7(14)9-4(6(12)13)3-5(10)11/h4H,2-3H2,1H3,(H,10,11)(H,12,13)(H2,8,9,14)/t4-/m0/s1. The van der Waals surface area contributed by atoms with Crippen molar-refractivity contribution in [1.29, 1.82) is 0 Å². The predicted molar refractivity (Wildman–Crippen MR) is 45.9 cm³/mol. The molecule has 0 fully saturated rings. The van der Waals surface area contributed by atoms with E-state index in [1.807, 2.05) is 5.32 Å². The number of rotatable bonds is 5. The molecule has 0 aliphatic heterocycles. The van der Waals surface area contributed by atoms with Crippen molar-refractivity contribution < 1.29 is 24.6 Å². The van der Waals surface area contributed by atoms with E-state index in [0.29, 0.717) is 6.54 Å². The summed E-state index contributed by atoms with van der Waals surface area (Å²) in [4.78, 5) is 31.5. The number of aliphatic carboxylic acids is 2. The van der Waals surface area contributed by atoms with E-state index in [9.17, 15) is 14.4 Å². The summed E-state index contributed by atoms with van der Waals surface area (Å²) in [7, 11) is 0. The Bertz CT molecular complexity index is 240. The molecule has 0 heterocycles. The average molecular weight is 204 g/mol. The summed E-state index contributed by atoms with van der Waals surface area (Å²) in [6.07, 6.45) is -0.646. The molecule has 0 aromatic rings. The third-order valence-electron chi connectivity index (χ3n) is 1.32. The van der Waals surface area contributed by atoms with Gasteiger partial charge in [-0.3, -0.25) is 4.79 Å². The third kappa shape index (κ3) is 4.96. The molecule has 4 N–H and O–H groups in total. The fourth-order valence-corrected chi connectivity index (χ4v) is 0.745. The van der Waals surface area contributed by atoms with Crippen molar-refractivity contribution in [3.05, 3.63) is 0 Å². The smallest absolute Gasteiger partial charge is 0.326 e. The van der Waals surface area contributed by atoms with Crippen molar-refractivity contribution in [3.63, 3.8) is 0 Å². The van der Waals surface area contributed by atoms with E-state index in [1.54, 1.807) is 6.92 Å². The number of urea groups is 1. The monoisotopic (exact) mass is 204 g/mol. The molecule has 7 heteroatoms. The van der Waals surface area contributed by atoms with Crippen LogP contribution in [0.3, 0.4) is 0 Å². The van der Waals surface area contributed by atoms with Crippen molar-refractivity contribution in [2.45, 2.75) is 19.4 Å². The van der Waals surface area contributed by atoms with Crippen LogP contribution in [0.15, 0.2) is 0 Å². The van der Waals surface area contributed by atoms with Gasteiger partial charge in [0.05, 0.1) is 6.42 Å². The van der Waals surface area contributed by atoms with E-state index < -0.39 is 30.4 Å². The summed E-state index contributed by atoms with van der Waals surface area (Å²) < 4.78 is 0. The highest BCUT2D eigenvalue weighted by Gasteiger charge is 2.22. The fraction of sp³-hybridized carbons (Fsp3) is 0.571. The maximum atomic E-state index is 10.9. The molecule has 0 radical (unpaired) electrons. The van der Waals surface area contributed by atoms with Crippen LogP contribution < -0.4 is 10.6 Å². The minimum atomic E-state index is -1.40. The maximum absolute atomic E-state index is 10.9. The Morgan fingerprint density at radius 1 is 1.29 bits per heavy atom. The number of carboxylic acids is 2. The number of carbonyl (C=O) groups excluding carboxylic acids is 1. The zero-order valence-electron chi connectivity index (χ0n) is 7.61. The second-order valence-corrected chi connectivity index (χ2v) is 2.49. The second kappa shape index (κ2) is 5.79. The number of carbonyl (C=O) groups is 3. The Labute approximate surface area is 80.1 Å². The van der Waals surface area contributed by atoms with E-state index in [-0.39, 0.29) is 0 Å². The van der Waals surface area contributed by atoms with E-state index in [2.05, 4.69) is 5.32 Å². The van der Waals surface area contributed by atoms with Crippen LogP contribution in [0.4, 0.5) is 4.79 Å². The molecule has 0 saturated carbocycles. The normalized spacial score (nSPS) is 11.5. The summed E-state index contributed by atoms with van der Waals surface area (Å²) in [5.74, 6) is -2.66. The van der Waals surface area contributed by atoms with Crippen LogP contribution in [0.2, 0.25) is 0 Å². The summed E-state index contributed by atoms with van der Waals surface area (Å²) in [6.45, 7) is 2.00. The van der Waals surface area contributed by atoms with Crippen molar-refractivity contribution in [2.24, 2.45) is 0 Å². The molecule has 0 bridgehead atoms. The lowest BCUT2D eigenvalue weighted by molar-refractivity contribution is -0.145. The molecule has 0 spiro atoms. The first-order chi connectivity index (χ1) is 6.47. The van der Waals surface area contributed by atoms with Crippen LogP contribution in [0.5, 0.6) is 0 Å². The zero-order chi connectivity index (χ0) is 11.1. The first-order valence-electron chi connectivity index (χ1n) is 3.96. The molecule has 14 heavy (non-hydrogen) atoms. The number of carboxylic acid groups (broad SMARTS) is 2. The van der Waals surface area contributed by atoms with Crippen molar-refractivity contribution in [3.8, 4) is 0 Å². The Kier molecular flexibility index (Phi) is 5.05. The molecule has 0 saturated heterocycles. The van der Waals surface area contributed by atoms with Crippen LogP contribution >= 0.6 is 0 Å². The predicted octanol–water partition coefficient (Wildman–Crippen LogP) is -0.767. The highest BCUT2D eigenvalue weighted by molar-refractivity contribution is 5.86. The Morgan fingerprint density at radius 2 is 1.86 bits per heavy atom. The van der Waals surface area contributed by atoms with Crippen molar-refractivity contribution in [1.82, 2.24) is 10.6 Å². The third-order valence-corrected chi connectivity index (χ3v) is 1.32. The Balaban J connectivity index is 4.16. The van der Waals surface area contributed by atoms with Gasteiger partial charge in [0.2, 0.25) is 0 Å². The number of nitrogens with one attached hydrogen (secondary N) is 2. The van der Waals surface area contributed by atoms with Gasteiger partial charge in [-0.2, -0.15) is 0 Å². The fourth-order valence-electron chi connectivity index (χ4n) is 0.745. The molecule has 0 aromatic carbocycles. The average Bonchev–Trinajstić information content (AvgIpc) is 2.02. The van der Waals surface area contributed by atoms with Crippen LogP contribution in [-0.2, 0) is 9.59 Å². The first-order valence-corrected chi connectivity index (χ1v) is 3.96. The van der Waals surface area contributed by atoms with Crippen LogP contribution in [-0.4, -0.2) is 40.8 Å². The minimum Gasteiger partial charge on any atom is -0.481 e. The van der Waals surface area contributed by atoms with Gasteiger partial charge in [-0.15, -0.1) is 0 Å². The van der Waals surface area contributed by atoms with E-state index >= 15 is 0 Å². The molecule has 0 aliphatic rings. The maximum Gasteiger partial charge on any atom is 0.326 e. The van der Waals surface area contributed by atoms with E-state index in [0.717, 1.165) is 0 Å². The Hall–Kier alpha value is -1.79. The molecule has 7 nitrogen and oxygen atoms in total. The lowest BCUT2D eigenvalue weighted by Crippen LogP contribution is -2.46. The molecular formula is C7H12N2O5. The van der Waals surface area contributed by atoms with Gasteiger partial charge in [0, 0.05) is 6.54 Å². The molecule has 2 amide bonds. The van der Waals surface area contributed by atoms with Crippen molar-refractivity contribution >= 4 is 18.0 Å². The minimum absolute atomic E-state index is 0.339. The highest BCUT2D eigenvalue weighted by Crippen LogP contribution is 1.92. The molecule has 0 aliphatic carbocycles. The SMILES string of the molecule is CCNC(=O)N[C@@H](CC(=O)O)C(=O)O. The van der Waals surface area contributed by atoms with Gasteiger partial charge in [-0.1, -0.05) is 0 Å².